The highest BCUT2D eigenvalue weighted by Crippen LogP contribution is 2.36. The van der Waals surface area contributed by atoms with Crippen molar-refractivity contribution < 1.29 is 0 Å². The van der Waals surface area contributed by atoms with Crippen LogP contribution in [0.2, 0.25) is 0 Å². The molecule has 0 fully saturated rings. The van der Waals surface area contributed by atoms with Crippen LogP contribution in [0.15, 0.2) is 111 Å². The van der Waals surface area contributed by atoms with E-state index >= 15 is 0 Å². The summed E-state index contributed by atoms with van der Waals surface area (Å²) in [6, 6.07) is 0. The first kappa shape index (κ1) is 16.2. The van der Waals surface area contributed by atoms with Crippen LogP contribution in [0.4, 0.5) is 0 Å². The van der Waals surface area contributed by atoms with Crippen molar-refractivity contribution in [1.29, 1.82) is 0 Å². The third-order valence-electron chi connectivity index (χ3n) is 4.09. The van der Waals surface area contributed by atoms with E-state index in [0.29, 0.717) is 0 Å². The predicted molar refractivity (Wildman–Crippen MR) is 125 cm³/mol. The standard InChI is InChI=1S/C20H10I2N4/c21-19-17-9-15-5-3-13(24-15)7-11-1-2-12(23-11)8-14-4-6-16(25-14)10-18(26-17)20(19)22/h1-10H. The minimum atomic E-state index is 0.893. The lowest BCUT2D eigenvalue weighted by molar-refractivity contribution is 1.41. The zero-order valence-electron chi connectivity index (χ0n) is 13.3. The first-order chi connectivity index (χ1) is 12.6. The molecule has 0 aromatic heterocycles. The average Bonchev–Trinajstić information content (AvgIpc) is 3.38. The number of fused-ring (bicyclic) bond motifs is 4. The molecule has 0 saturated carbocycles. The summed E-state index contributed by atoms with van der Waals surface area (Å²) in [7, 11) is 0. The van der Waals surface area contributed by atoms with Gasteiger partial charge in [-0.25, -0.2) is 20.0 Å². The minimum Gasteiger partial charge on any atom is -0.249 e. The van der Waals surface area contributed by atoms with Gasteiger partial charge in [-0.1, -0.05) is 0 Å². The van der Waals surface area contributed by atoms with E-state index in [2.05, 4.69) is 60.2 Å². The Balaban J connectivity index is 1.69. The fraction of sp³-hybridized carbons (Fsp3) is 0. The third kappa shape index (κ3) is 3.01. The Morgan fingerprint density at radius 2 is 1.00 bits per heavy atom. The van der Waals surface area contributed by atoms with Crippen LogP contribution in [0.5, 0.6) is 0 Å². The molecule has 0 amide bonds. The smallest absolute Gasteiger partial charge is 0.0803 e. The Morgan fingerprint density at radius 3 is 1.58 bits per heavy atom. The average molecular weight is 560 g/mol. The summed E-state index contributed by atoms with van der Waals surface area (Å²) in [4.78, 5) is 18.7. The summed E-state index contributed by atoms with van der Waals surface area (Å²) < 4.78 is 2.26. The van der Waals surface area contributed by atoms with E-state index in [1.807, 2.05) is 60.8 Å². The van der Waals surface area contributed by atoms with Crippen molar-refractivity contribution in [3.8, 4) is 0 Å². The number of rotatable bonds is 0. The van der Waals surface area contributed by atoms with Crippen LogP contribution in [0.1, 0.15) is 0 Å². The van der Waals surface area contributed by atoms with Gasteiger partial charge in [0.15, 0.2) is 0 Å². The van der Waals surface area contributed by atoms with Crippen LogP contribution in [-0.2, 0) is 0 Å². The van der Waals surface area contributed by atoms with Gasteiger partial charge in [0.25, 0.3) is 0 Å². The van der Waals surface area contributed by atoms with Gasteiger partial charge in [-0.2, -0.15) is 0 Å². The van der Waals surface area contributed by atoms with Crippen LogP contribution < -0.4 is 0 Å². The zero-order chi connectivity index (χ0) is 17.7. The number of hydrogen-bond acceptors (Lipinski definition) is 4. The van der Waals surface area contributed by atoms with E-state index in [0.717, 1.165) is 52.8 Å². The van der Waals surface area contributed by atoms with Crippen molar-refractivity contribution in [1.82, 2.24) is 0 Å². The third-order valence-corrected chi connectivity index (χ3v) is 7.31. The van der Waals surface area contributed by atoms with E-state index in [-0.39, 0.29) is 0 Å². The maximum atomic E-state index is 4.78. The van der Waals surface area contributed by atoms with Crippen molar-refractivity contribution >= 4 is 68.0 Å². The van der Waals surface area contributed by atoms with Gasteiger partial charge in [-0.3, -0.25) is 0 Å². The molecule has 5 rings (SSSR count). The van der Waals surface area contributed by atoms with Gasteiger partial charge >= 0.3 is 0 Å². The number of hydrogen-bond donors (Lipinski definition) is 0. The lowest BCUT2D eigenvalue weighted by atomic mass is 10.2. The molecule has 0 unspecified atom stereocenters. The van der Waals surface area contributed by atoms with Crippen molar-refractivity contribution in [2.45, 2.75) is 0 Å². The minimum absolute atomic E-state index is 0.893. The molecule has 8 bridgehead atoms. The topological polar surface area (TPSA) is 49.4 Å². The maximum Gasteiger partial charge on any atom is 0.0803 e. The molecule has 6 heteroatoms. The summed E-state index contributed by atoms with van der Waals surface area (Å²) in [5.41, 5.74) is 7.24. The van der Waals surface area contributed by atoms with Gasteiger partial charge in [0.05, 0.1) is 52.8 Å². The zero-order valence-corrected chi connectivity index (χ0v) is 17.6. The Bertz CT molecular complexity index is 1130. The van der Waals surface area contributed by atoms with E-state index in [1.165, 1.54) is 0 Å². The summed E-state index contributed by atoms with van der Waals surface area (Å²) in [6.07, 6.45) is 20.0. The first-order valence-corrected chi connectivity index (χ1v) is 10.1. The molecule has 26 heavy (non-hydrogen) atoms. The number of allylic oxidation sites excluding steroid dienone is 12. The second-order valence-corrected chi connectivity index (χ2v) is 8.13. The van der Waals surface area contributed by atoms with Crippen LogP contribution >= 0.6 is 45.2 Å². The van der Waals surface area contributed by atoms with E-state index in [9.17, 15) is 0 Å². The van der Waals surface area contributed by atoms with Gasteiger partial charge in [-0.05, 0) is 106 Å². The molecule has 0 aliphatic carbocycles. The molecule has 5 aliphatic heterocycles. The summed E-state index contributed by atoms with van der Waals surface area (Å²) in [6.45, 7) is 0. The normalized spacial score (nSPS) is 22.7. The van der Waals surface area contributed by atoms with Crippen LogP contribution in [0.25, 0.3) is 0 Å². The summed E-state index contributed by atoms with van der Waals surface area (Å²) in [5.74, 6) is 0. The number of halogens is 2. The first-order valence-electron chi connectivity index (χ1n) is 7.96. The SMILES string of the molecule is IC1=C(I)C2=NC1=CC1=NC(=CC3=NC(=CC4=NC(=C2)C=C4)C=C3)C=C1. The monoisotopic (exact) mass is 560 g/mol. The summed E-state index contributed by atoms with van der Waals surface area (Å²) in [5, 5.41) is 0. The molecule has 0 aromatic carbocycles. The largest absolute Gasteiger partial charge is 0.249 e. The lowest BCUT2D eigenvalue weighted by Crippen LogP contribution is -1.90. The second-order valence-electron chi connectivity index (χ2n) is 5.97. The Hall–Kier alpha value is -1.94. The molecular weight excluding hydrogens is 550 g/mol. The molecule has 0 saturated heterocycles. The van der Waals surface area contributed by atoms with Gasteiger partial charge in [0.1, 0.15) is 0 Å². The molecule has 0 radical (unpaired) electrons. The van der Waals surface area contributed by atoms with E-state index in [4.69, 9.17) is 4.99 Å². The van der Waals surface area contributed by atoms with Crippen LogP contribution in [0.3, 0.4) is 0 Å². The lowest BCUT2D eigenvalue weighted by Gasteiger charge is -1.94. The van der Waals surface area contributed by atoms with Crippen molar-refractivity contribution in [3.05, 3.63) is 90.7 Å². The molecule has 0 N–H and O–H groups in total. The molecular formula is C20H10I2N4. The second kappa shape index (κ2) is 6.34. The molecule has 0 spiro atoms. The Morgan fingerprint density at radius 1 is 0.500 bits per heavy atom. The number of nitrogens with zero attached hydrogens (tertiary/aromatic N) is 4. The van der Waals surface area contributed by atoms with Crippen molar-refractivity contribution in [2.75, 3.05) is 0 Å². The van der Waals surface area contributed by atoms with Gasteiger partial charge in [0.2, 0.25) is 0 Å². The van der Waals surface area contributed by atoms with Gasteiger partial charge < -0.3 is 0 Å². The van der Waals surface area contributed by atoms with Crippen molar-refractivity contribution in [3.63, 3.8) is 0 Å². The summed E-state index contributed by atoms with van der Waals surface area (Å²) >= 11 is 4.68. The highest BCUT2D eigenvalue weighted by Gasteiger charge is 2.20. The highest BCUT2D eigenvalue weighted by molar-refractivity contribution is 14.1. The van der Waals surface area contributed by atoms with Crippen LogP contribution in [0, 0.1) is 0 Å². The molecule has 5 aliphatic rings. The molecule has 0 atom stereocenters. The van der Waals surface area contributed by atoms with E-state index in [1.54, 1.807) is 0 Å². The van der Waals surface area contributed by atoms with Gasteiger partial charge in [0, 0.05) is 0 Å². The van der Waals surface area contributed by atoms with E-state index < -0.39 is 0 Å². The predicted octanol–water partition coefficient (Wildman–Crippen LogP) is 5.10. The Labute approximate surface area is 177 Å². The quantitative estimate of drug-likeness (QED) is 0.371. The Kier molecular flexibility index (Phi) is 3.96. The maximum absolute atomic E-state index is 4.78. The number of aliphatic imine (C=N–C) groups is 4. The molecule has 124 valence electrons. The fourth-order valence-electron chi connectivity index (χ4n) is 2.89. The van der Waals surface area contributed by atoms with Crippen molar-refractivity contribution in [2.24, 2.45) is 20.0 Å². The molecule has 0 aromatic rings. The van der Waals surface area contributed by atoms with Crippen LogP contribution in [-0.4, -0.2) is 22.8 Å². The highest BCUT2D eigenvalue weighted by atomic mass is 127. The molecule has 5 heterocycles. The fourth-order valence-corrected chi connectivity index (χ4v) is 4.00. The molecule has 4 nitrogen and oxygen atoms in total. The van der Waals surface area contributed by atoms with Gasteiger partial charge in [-0.15, -0.1) is 0 Å².